The number of amides is 1. The second kappa shape index (κ2) is 5.36. The minimum absolute atomic E-state index is 0.0726. The van der Waals surface area contributed by atoms with Crippen molar-refractivity contribution in [2.45, 2.75) is 13.5 Å². The van der Waals surface area contributed by atoms with Crippen LogP contribution in [0.2, 0.25) is 0 Å². The van der Waals surface area contributed by atoms with Crippen LogP contribution < -0.4 is 0 Å². The maximum Gasteiger partial charge on any atom is 0.254 e. The fourth-order valence-electron chi connectivity index (χ4n) is 2.19. The Hall–Kier alpha value is -2.69. The second-order valence-electron chi connectivity index (χ2n) is 4.93. The van der Waals surface area contributed by atoms with E-state index < -0.39 is 0 Å². The van der Waals surface area contributed by atoms with E-state index in [0.717, 1.165) is 17.0 Å². The lowest BCUT2D eigenvalue weighted by Crippen LogP contribution is -2.26. The molecule has 3 aromatic rings. The van der Waals surface area contributed by atoms with E-state index in [4.69, 9.17) is 4.42 Å². The molecule has 2 heterocycles. The number of carbonyl (C=O) groups excluding carboxylic acids is 1. The first-order chi connectivity index (χ1) is 10.1. The Labute approximate surface area is 122 Å². The lowest BCUT2D eigenvalue weighted by Gasteiger charge is -2.15. The zero-order valence-corrected chi connectivity index (χ0v) is 11.9. The summed E-state index contributed by atoms with van der Waals surface area (Å²) < 4.78 is 5.49. The molecule has 0 saturated heterocycles. The highest BCUT2D eigenvalue weighted by Gasteiger charge is 2.14. The van der Waals surface area contributed by atoms with Gasteiger partial charge in [-0.1, -0.05) is 0 Å². The average Bonchev–Trinajstić information content (AvgIpc) is 2.91. The van der Waals surface area contributed by atoms with Gasteiger partial charge in [0.15, 0.2) is 0 Å². The Morgan fingerprint density at radius 2 is 1.90 bits per heavy atom. The van der Waals surface area contributed by atoms with Crippen LogP contribution in [-0.2, 0) is 6.54 Å². The number of rotatable bonds is 3. The number of carbonyl (C=O) groups is 1. The number of fused-ring (bicyclic) bond motifs is 1. The molecule has 0 aliphatic heterocycles. The van der Waals surface area contributed by atoms with Gasteiger partial charge >= 0.3 is 0 Å². The van der Waals surface area contributed by atoms with E-state index in [1.165, 1.54) is 0 Å². The van der Waals surface area contributed by atoms with Crippen molar-refractivity contribution in [2.24, 2.45) is 0 Å². The summed E-state index contributed by atoms with van der Waals surface area (Å²) in [6.45, 7) is 2.32. The quantitative estimate of drug-likeness (QED) is 0.740. The highest BCUT2D eigenvalue weighted by atomic mass is 16.3. The molecule has 106 valence electrons. The summed E-state index contributed by atoms with van der Waals surface area (Å²) in [4.78, 5) is 22.5. The zero-order chi connectivity index (χ0) is 14.8. The molecule has 0 radical (unpaired) electrons. The van der Waals surface area contributed by atoms with Crippen LogP contribution in [0.25, 0.3) is 11.0 Å². The molecule has 0 N–H and O–H groups in total. The topological polar surface area (TPSA) is 59.2 Å². The summed E-state index contributed by atoms with van der Waals surface area (Å²) in [7, 11) is 1.75. The van der Waals surface area contributed by atoms with Gasteiger partial charge in [0.05, 0.1) is 17.6 Å². The van der Waals surface area contributed by atoms with E-state index in [1.54, 1.807) is 42.5 Å². The van der Waals surface area contributed by atoms with Crippen molar-refractivity contribution in [1.29, 1.82) is 0 Å². The normalized spacial score (nSPS) is 10.8. The molecule has 5 heteroatoms. The van der Waals surface area contributed by atoms with Crippen molar-refractivity contribution in [3.8, 4) is 0 Å². The Bertz CT molecular complexity index is 795. The number of nitrogens with zero attached hydrogens (tertiary/aromatic N) is 3. The standard InChI is InChI=1S/C16H15N3O2/c1-11-3-5-13(21-11)10-19(2)16(20)12-4-6-14-15(9-12)18-8-7-17-14/h3-9H,10H2,1-2H3. The highest BCUT2D eigenvalue weighted by molar-refractivity contribution is 5.97. The zero-order valence-electron chi connectivity index (χ0n) is 11.9. The minimum Gasteiger partial charge on any atom is -0.464 e. The van der Waals surface area contributed by atoms with Crippen molar-refractivity contribution < 1.29 is 9.21 Å². The van der Waals surface area contributed by atoms with Crippen LogP contribution in [-0.4, -0.2) is 27.8 Å². The van der Waals surface area contributed by atoms with Crippen LogP contribution in [0, 0.1) is 6.92 Å². The molecular weight excluding hydrogens is 266 g/mol. The molecule has 0 atom stereocenters. The van der Waals surface area contributed by atoms with Gasteiger partial charge in [-0.05, 0) is 37.3 Å². The predicted molar refractivity (Wildman–Crippen MR) is 78.8 cm³/mol. The second-order valence-corrected chi connectivity index (χ2v) is 4.93. The van der Waals surface area contributed by atoms with Gasteiger partial charge in [-0.25, -0.2) is 0 Å². The maximum atomic E-state index is 12.4. The third-order valence-corrected chi connectivity index (χ3v) is 3.25. The molecule has 0 aliphatic rings. The average molecular weight is 281 g/mol. The van der Waals surface area contributed by atoms with Crippen LogP contribution in [0.4, 0.5) is 0 Å². The molecule has 2 aromatic heterocycles. The first-order valence-electron chi connectivity index (χ1n) is 6.65. The van der Waals surface area contributed by atoms with Gasteiger partial charge in [-0.3, -0.25) is 14.8 Å². The van der Waals surface area contributed by atoms with Crippen LogP contribution in [0.3, 0.4) is 0 Å². The van der Waals surface area contributed by atoms with Crippen molar-refractivity contribution in [1.82, 2.24) is 14.9 Å². The summed E-state index contributed by atoms with van der Waals surface area (Å²) in [6.07, 6.45) is 3.25. The Morgan fingerprint density at radius 3 is 2.62 bits per heavy atom. The molecule has 0 unspecified atom stereocenters. The van der Waals surface area contributed by atoms with Crippen LogP contribution in [0.1, 0.15) is 21.9 Å². The molecule has 0 bridgehead atoms. The summed E-state index contributed by atoms with van der Waals surface area (Å²) >= 11 is 0. The third kappa shape index (κ3) is 2.76. The number of furan rings is 1. The lowest BCUT2D eigenvalue weighted by molar-refractivity contribution is 0.0775. The van der Waals surface area contributed by atoms with Gasteiger partial charge < -0.3 is 9.32 Å². The third-order valence-electron chi connectivity index (χ3n) is 3.25. The summed E-state index contributed by atoms with van der Waals surface area (Å²) in [5.74, 6) is 1.53. The fraction of sp³-hybridized carbons (Fsp3) is 0.188. The van der Waals surface area contributed by atoms with E-state index in [9.17, 15) is 4.79 Å². The Balaban J connectivity index is 1.82. The predicted octanol–water partition coefficient (Wildman–Crippen LogP) is 2.80. The largest absolute Gasteiger partial charge is 0.464 e. The maximum absolute atomic E-state index is 12.4. The number of benzene rings is 1. The van der Waals surface area contributed by atoms with Gasteiger partial charge in [-0.15, -0.1) is 0 Å². The molecule has 21 heavy (non-hydrogen) atoms. The number of hydrogen-bond donors (Lipinski definition) is 0. The Kier molecular flexibility index (Phi) is 3.39. The molecule has 3 rings (SSSR count). The molecule has 5 nitrogen and oxygen atoms in total. The molecule has 0 fully saturated rings. The Morgan fingerprint density at radius 1 is 1.14 bits per heavy atom. The van der Waals surface area contributed by atoms with Crippen LogP contribution >= 0.6 is 0 Å². The molecular formula is C16H15N3O2. The van der Waals surface area contributed by atoms with E-state index in [1.807, 2.05) is 19.1 Å². The fourth-order valence-corrected chi connectivity index (χ4v) is 2.19. The van der Waals surface area contributed by atoms with E-state index in [2.05, 4.69) is 9.97 Å². The smallest absolute Gasteiger partial charge is 0.254 e. The van der Waals surface area contributed by atoms with Crippen molar-refractivity contribution in [2.75, 3.05) is 7.05 Å². The summed E-state index contributed by atoms with van der Waals surface area (Å²) in [5, 5.41) is 0. The van der Waals surface area contributed by atoms with Crippen LogP contribution in [0.15, 0.2) is 47.1 Å². The lowest BCUT2D eigenvalue weighted by atomic mass is 10.1. The molecule has 1 amide bonds. The van der Waals surface area contributed by atoms with Crippen molar-refractivity contribution >= 4 is 16.9 Å². The van der Waals surface area contributed by atoms with Gasteiger partial charge in [0, 0.05) is 25.0 Å². The number of aryl methyl sites for hydroxylation is 1. The van der Waals surface area contributed by atoms with E-state index >= 15 is 0 Å². The molecule has 0 aliphatic carbocycles. The van der Waals surface area contributed by atoms with Crippen LogP contribution in [0.5, 0.6) is 0 Å². The SMILES string of the molecule is Cc1ccc(CN(C)C(=O)c2ccc3nccnc3c2)o1. The van der Waals surface area contributed by atoms with Gasteiger partial charge in [-0.2, -0.15) is 0 Å². The first-order valence-corrected chi connectivity index (χ1v) is 6.65. The van der Waals surface area contributed by atoms with Gasteiger partial charge in [0.25, 0.3) is 5.91 Å². The highest BCUT2D eigenvalue weighted by Crippen LogP contribution is 2.14. The van der Waals surface area contributed by atoms with E-state index in [-0.39, 0.29) is 5.91 Å². The van der Waals surface area contributed by atoms with Crippen molar-refractivity contribution in [3.63, 3.8) is 0 Å². The van der Waals surface area contributed by atoms with E-state index in [0.29, 0.717) is 17.6 Å². The number of hydrogen-bond acceptors (Lipinski definition) is 4. The minimum atomic E-state index is -0.0726. The summed E-state index contributed by atoms with van der Waals surface area (Å²) in [5.41, 5.74) is 2.08. The molecule has 1 aromatic carbocycles. The molecule has 0 saturated carbocycles. The molecule has 0 spiro atoms. The number of aromatic nitrogens is 2. The van der Waals surface area contributed by atoms with Crippen molar-refractivity contribution in [3.05, 3.63) is 59.8 Å². The van der Waals surface area contributed by atoms with Gasteiger partial charge in [0.1, 0.15) is 11.5 Å². The summed E-state index contributed by atoms with van der Waals surface area (Å²) in [6, 6.07) is 9.10. The van der Waals surface area contributed by atoms with Gasteiger partial charge in [0.2, 0.25) is 0 Å². The first kappa shape index (κ1) is 13.3. The monoisotopic (exact) mass is 281 g/mol.